The van der Waals surface area contributed by atoms with Gasteiger partial charge in [-0.2, -0.15) is 0 Å². The molecule has 2 aliphatic rings. The van der Waals surface area contributed by atoms with E-state index in [0.717, 1.165) is 16.6 Å². The number of Topliss-reactive ketones (excluding diaryl/α,β-unsaturated/α-hetero) is 1. The molecule has 15 heteroatoms. The first kappa shape index (κ1) is 46.0. The molecule has 0 unspecified atom stereocenters. The highest BCUT2D eigenvalue weighted by atomic mass is 16.6. The molecule has 4 aromatic carbocycles. The zero-order chi connectivity index (χ0) is 46.5. The number of carbonyl (C=O) groups excluding carboxylic acids is 6. The third-order valence-corrected chi connectivity index (χ3v) is 11.2. The van der Waals surface area contributed by atoms with Crippen molar-refractivity contribution >= 4 is 52.4 Å². The molecular weight excluding hydrogens is 827 g/mol. The molecule has 4 N–H and O–H groups in total. The van der Waals surface area contributed by atoms with Gasteiger partial charge in [-0.15, -0.1) is 0 Å². The van der Waals surface area contributed by atoms with Gasteiger partial charge in [0, 0.05) is 30.8 Å². The number of alkyl carbamates (subject to hydrolysis) is 2. The van der Waals surface area contributed by atoms with Crippen LogP contribution in [0, 0.1) is 0 Å². The van der Waals surface area contributed by atoms with Gasteiger partial charge in [0.15, 0.2) is 5.78 Å². The number of nitrogens with one attached hydrogen (secondary N) is 4. The van der Waals surface area contributed by atoms with E-state index in [2.05, 4.69) is 20.9 Å². The summed E-state index contributed by atoms with van der Waals surface area (Å²) in [6.45, 7) is 11.2. The van der Waals surface area contributed by atoms with Crippen LogP contribution in [0.2, 0.25) is 0 Å². The van der Waals surface area contributed by atoms with Crippen molar-refractivity contribution < 1.29 is 38.2 Å². The van der Waals surface area contributed by atoms with Gasteiger partial charge >= 0.3 is 12.2 Å². The summed E-state index contributed by atoms with van der Waals surface area (Å²) in [6, 6.07) is 27.2. The number of likely N-dealkylation sites (tertiary alicyclic amines) is 2. The summed E-state index contributed by atoms with van der Waals surface area (Å²) in [4.78, 5) is 92.5. The summed E-state index contributed by atoms with van der Waals surface area (Å²) in [5, 5.41) is 8.41. The molecule has 0 bridgehead atoms. The highest BCUT2D eigenvalue weighted by molar-refractivity contribution is 5.99. The number of fused-ring (bicyclic) bond motifs is 1. The zero-order valence-electron chi connectivity index (χ0n) is 37.7. The molecule has 7 rings (SSSR count). The van der Waals surface area contributed by atoms with Crippen LogP contribution < -0.4 is 16.0 Å². The third kappa shape index (κ3) is 11.6. The van der Waals surface area contributed by atoms with E-state index in [4.69, 9.17) is 14.5 Å². The smallest absolute Gasteiger partial charge is 0.408 e. The van der Waals surface area contributed by atoms with Crippen molar-refractivity contribution in [3.8, 4) is 11.4 Å². The summed E-state index contributed by atoms with van der Waals surface area (Å²) < 4.78 is 10.9. The maximum Gasteiger partial charge on any atom is 0.408 e. The summed E-state index contributed by atoms with van der Waals surface area (Å²) in [5.74, 6) is -0.609. The molecule has 2 saturated heterocycles. The number of ketones is 1. The van der Waals surface area contributed by atoms with Crippen molar-refractivity contribution in [2.75, 3.05) is 18.4 Å². The van der Waals surface area contributed by atoms with Gasteiger partial charge in [0.05, 0.1) is 17.1 Å². The van der Waals surface area contributed by atoms with E-state index in [9.17, 15) is 28.8 Å². The number of aromatic amines is 1. The Bertz CT molecular complexity index is 2530. The van der Waals surface area contributed by atoms with E-state index in [-0.39, 0.29) is 24.0 Å². The van der Waals surface area contributed by atoms with Gasteiger partial charge in [-0.3, -0.25) is 19.2 Å². The lowest BCUT2D eigenvalue weighted by molar-refractivity contribution is -0.139. The average molecular weight is 884 g/mol. The minimum absolute atomic E-state index is 0.0970. The highest BCUT2D eigenvalue weighted by Crippen LogP contribution is 2.29. The lowest BCUT2D eigenvalue weighted by Crippen LogP contribution is -2.49. The van der Waals surface area contributed by atoms with Crippen molar-refractivity contribution in [1.82, 2.24) is 30.4 Å². The average Bonchev–Trinajstić information content (AvgIpc) is 4.05. The lowest BCUT2D eigenvalue weighted by Gasteiger charge is -2.29. The Balaban J connectivity index is 0.988. The summed E-state index contributed by atoms with van der Waals surface area (Å²) in [6.07, 6.45) is 0.917. The number of amides is 5. The fraction of sp³-hybridized carbons (Fsp3) is 0.380. The Morgan fingerprint density at radius 2 is 1.18 bits per heavy atom. The van der Waals surface area contributed by atoms with Crippen molar-refractivity contribution in [1.29, 1.82) is 0 Å². The number of hydrogen-bond acceptors (Lipinski definition) is 9. The molecule has 65 heavy (non-hydrogen) atoms. The Labute approximate surface area is 378 Å². The second-order valence-electron chi connectivity index (χ2n) is 18.5. The van der Waals surface area contributed by atoms with Crippen LogP contribution in [0.15, 0.2) is 103 Å². The number of rotatable bonds is 12. The molecule has 5 aromatic rings. The van der Waals surface area contributed by atoms with Gasteiger partial charge in [-0.25, -0.2) is 14.6 Å². The molecular formula is C50H57N7O8. The molecule has 3 heterocycles. The molecule has 5 amide bonds. The van der Waals surface area contributed by atoms with Crippen molar-refractivity contribution in [2.45, 2.75) is 109 Å². The third-order valence-electron chi connectivity index (χ3n) is 11.2. The maximum atomic E-state index is 14.1. The number of nitrogens with zero attached hydrogens (tertiary/aromatic N) is 3. The summed E-state index contributed by atoms with van der Waals surface area (Å²) in [7, 11) is 0. The molecule has 2 aliphatic heterocycles. The standard InChI is InChI=1S/C50H57N7O8/c1-49(2,3)64-47(62)54-41(32-15-9-7-10-16-32)45(60)56-27-13-19-38(56)40(58)30-31-21-26-36-37(29-31)53-43(52-36)34-22-24-35(25-23-34)51-44(59)39-20-14-28-57(39)46(61)42(33-17-11-8-12-18-33)55-48(63)65-50(4,5)6/h7-12,15-18,21-26,29,38-39,41-42H,13-14,19-20,27-28,30H2,1-6H3,(H,51,59)(H,52,53)(H,54,62)(H,55,63)/t38-,39-,41+,42+/m0/s1. The largest absolute Gasteiger partial charge is 0.444 e. The van der Waals surface area contributed by atoms with Crippen LogP contribution in [0.3, 0.4) is 0 Å². The zero-order valence-corrected chi connectivity index (χ0v) is 37.7. The number of benzene rings is 4. The Kier molecular flexibility index (Phi) is 13.7. The number of ether oxygens (including phenoxy) is 2. The second-order valence-corrected chi connectivity index (χ2v) is 18.5. The molecule has 2 fully saturated rings. The number of H-pyrrole nitrogens is 1. The van der Waals surface area contributed by atoms with E-state index in [1.807, 2.05) is 42.5 Å². The molecule has 0 saturated carbocycles. The monoisotopic (exact) mass is 883 g/mol. The van der Waals surface area contributed by atoms with Crippen molar-refractivity contribution in [3.05, 3.63) is 120 Å². The van der Waals surface area contributed by atoms with E-state index in [1.54, 1.807) is 107 Å². The van der Waals surface area contributed by atoms with Gasteiger partial charge in [0.2, 0.25) is 5.91 Å². The molecule has 0 spiro atoms. The molecule has 340 valence electrons. The van der Waals surface area contributed by atoms with Crippen molar-refractivity contribution in [3.63, 3.8) is 0 Å². The minimum atomic E-state index is -1.04. The number of hydrogen-bond donors (Lipinski definition) is 4. The van der Waals surface area contributed by atoms with E-state index < -0.39 is 53.5 Å². The van der Waals surface area contributed by atoms with Gasteiger partial charge in [-0.05, 0) is 120 Å². The van der Waals surface area contributed by atoms with E-state index in [0.29, 0.717) is 66.9 Å². The van der Waals surface area contributed by atoms with Crippen LogP contribution in [0.4, 0.5) is 15.3 Å². The molecule has 0 aliphatic carbocycles. The number of imidazole rings is 1. The molecule has 15 nitrogen and oxygen atoms in total. The molecule has 4 atom stereocenters. The van der Waals surface area contributed by atoms with Crippen LogP contribution in [0.25, 0.3) is 22.4 Å². The summed E-state index contributed by atoms with van der Waals surface area (Å²) in [5.41, 5.74) is 3.14. The molecule has 1 aromatic heterocycles. The van der Waals surface area contributed by atoms with Crippen molar-refractivity contribution in [2.24, 2.45) is 0 Å². The number of carbonyl (C=O) groups is 6. The predicted octanol–water partition coefficient (Wildman–Crippen LogP) is 7.79. The van der Waals surface area contributed by atoms with Crippen LogP contribution in [-0.4, -0.2) is 91.8 Å². The normalized spacial score (nSPS) is 17.3. The Morgan fingerprint density at radius 1 is 0.677 bits per heavy atom. The van der Waals surface area contributed by atoms with Crippen LogP contribution >= 0.6 is 0 Å². The Morgan fingerprint density at radius 3 is 1.71 bits per heavy atom. The van der Waals surface area contributed by atoms with Crippen LogP contribution in [0.1, 0.15) is 96.0 Å². The van der Waals surface area contributed by atoms with Crippen LogP contribution in [-0.2, 0) is 35.1 Å². The van der Waals surface area contributed by atoms with Gasteiger partial charge in [0.1, 0.15) is 35.2 Å². The van der Waals surface area contributed by atoms with E-state index >= 15 is 0 Å². The van der Waals surface area contributed by atoms with E-state index in [1.165, 1.54) is 4.90 Å². The quantitative estimate of drug-likeness (QED) is 0.0968. The number of aromatic nitrogens is 2. The van der Waals surface area contributed by atoms with Gasteiger partial charge in [-0.1, -0.05) is 66.7 Å². The topological polar surface area (TPSA) is 192 Å². The minimum Gasteiger partial charge on any atom is -0.444 e. The SMILES string of the molecule is CC(C)(C)OC(=O)N[C@@H](C(=O)N1CCC[C@H]1C(=O)Cc1ccc2nc(-c3ccc(NC(=O)[C@@H]4CCCN4C(=O)[C@H](NC(=O)OC(C)(C)C)c4ccccc4)cc3)[nH]c2c1)c1ccccc1. The fourth-order valence-corrected chi connectivity index (χ4v) is 8.28. The van der Waals surface area contributed by atoms with Crippen LogP contribution in [0.5, 0.6) is 0 Å². The van der Waals surface area contributed by atoms with Gasteiger partial charge < -0.3 is 40.2 Å². The first-order chi connectivity index (χ1) is 30.9. The van der Waals surface area contributed by atoms with Gasteiger partial charge in [0.25, 0.3) is 11.8 Å². The fourth-order valence-electron chi connectivity index (χ4n) is 8.28. The number of anilines is 1. The lowest BCUT2D eigenvalue weighted by atomic mass is 10.00. The maximum absolute atomic E-state index is 14.1. The second kappa shape index (κ2) is 19.4. The first-order valence-corrected chi connectivity index (χ1v) is 22.0. The highest BCUT2D eigenvalue weighted by Gasteiger charge is 2.40. The molecule has 0 radical (unpaired) electrons. The summed E-state index contributed by atoms with van der Waals surface area (Å²) >= 11 is 0. The predicted molar refractivity (Wildman–Crippen MR) is 245 cm³/mol. The Hall–Kier alpha value is -7.03. The first-order valence-electron chi connectivity index (χ1n) is 22.0.